The van der Waals surface area contributed by atoms with Crippen molar-refractivity contribution in [2.75, 3.05) is 19.5 Å². The van der Waals surface area contributed by atoms with E-state index in [1.54, 1.807) is 25.7 Å². The van der Waals surface area contributed by atoms with Gasteiger partial charge in [-0.1, -0.05) is 17.7 Å². The molecule has 1 heterocycles. The van der Waals surface area contributed by atoms with Crippen LogP contribution in [-0.2, 0) is 0 Å². The standard InChI is InChI=1S/C18H14ClFN2O3S/c1-24-15-5-3-4-11(16(15)25-2)18-22-14(9-26-18)17(23)21-10-6-7-13(20)12(19)8-10/h3-9H,1-2H3,(H,21,23). The average Bonchev–Trinajstić information content (AvgIpc) is 3.14. The number of nitrogens with zero attached hydrogens (tertiary/aromatic N) is 1. The molecule has 26 heavy (non-hydrogen) atoms. The van der Waals surface area contributed by atoms with E-state index in [-0.39, 0.29) is 10.7 Å². The van der Waals surface area contributed by atoms with Gasteiger partial charge in [-0.25, -0.2) is 9.37 Å². The van der Waals surface area contributed by atoms with Crippen molar-refractivity contribution in [2.24, 2.45) is 0 Å². The Labute approximate surface area is 158 Å². The molecule has 3 rings (SSSR count). The summed E-state index contributed by atoms with van der Waals surface area (Å²) < 4.78 is 23.9. The Morgan fingerprint density at radius 3 is 2.73 bits per heavy atom. The van der Waals surface area contributed by atoms with Gasteiger partial charge in [0.05, 0.1) is 24.8 Å². The van der Waals surface area contributed by atoms with E-state index in [1.165, 1.54) is 29.5 Å². The molecule has 1 amide bonds. The van der Waals surface area contributed by atoms with Crippen LogP contribution >= 0.6 is 22.9 Å². The molecule has 0 radical (unpaired) electrons. The Morgan fingerprint density at radius 2 is 2.04 bits per heavy atom. The number of nitrogens with one attached hydrogen (secondary N) is 1. The number of amides is 1. The molecule has 1 N–H and O–H groups in total. The van der Waals surface area contributed by atoms with Gasteiger partial charge in [-0.15, -0.1) is 11.3 Å². The van der Waals surface area contributed by atoms with E-state index in [2.05, 4.69) is 10.3 Å². The van der Waals surface area contributed by atoms with Crippen molar-refractivity contribution in [2.45, 2.75) is 0 Å². The molecular weight excluding hydrogens is 379 g/mol. The number of anilines is 1. The first-order valence-electron chi connectivity index (χ1n) is 7.46. The van der Waals surface area contributed by atoms with E-state index in [4.69, 9.17) is 21.1 Å². The number of hydrogen-bond donors (Lipinski definition) is 1. The maximum atomic E-state index is 13.2. The smallest absolute Gasteiger partial charge is 0.275 e. The quantitative estimate of drug-likeness (QED) is 0.672. The normalized spacial score (nSPS) is 10.5. The predicted molar refractivity (Wildman–Crippen MR) is 100 cm³/mol. The van der Waals surface area contributed by atoms with E-state index in [1.807, 2.05) is 12.1 Å². The van der Waals surface area contributed by atoms with Crippen molar-refractivity contribution in [1.29, 1.82) is 0 Å². The minimum atomic E-state index is -0.550. The number of halogens is 2. The predicted octanol–water partition coefficient (Wildman–Crippen LogP) is 4.87. The van der Waals surface area contributed by atoms with E-state index >= 15 is 0 Å². The van der Waals surface area contributed by atoms with Gasteiger partial charge in [-0.05, 0) is 30.3 Å². The fourth-order valence-electron chi connectivity index (χ4n) is 2.33. The summed E-state index contributed by atoms with van der Waals surface area (Å²) in [6.07, 6.45) is 0. The van der Waals surface area contributed by atoms with E-state index < -0.39 is 11.7 Å². The topological polar surface area (TPSA) is 60.5 Å². The molecule has 8 heteroatoms. The monoisotopic (exact) mass is 392 g/mol. The van der Waals surface area contributed by atoms with Crippen LogP contribution in [0, 0.1) is 5.82 Å². The van der Waals surface area contributed by atoms with Crippen LogP contribution < -0.4 is 14.8 Å². The van der Waals surface area contributed by atoms with Crippen LogP contribution in [-0.4, -0.2) is 25.1 Å². The molecular formula is C18H14ClFN2O3S. The second-order valence-electron chi connectivity index (χ2n) is 5.16. The zero-order chi connectivity index (χ0) is 18.7. The van der Waals surface area contributed by atoms with Crippen LogP contribution in [0.1, 0.15) is 10.5 Å². The molecule has 3 aromatic rings. The van der Waals surface area contributed by atoms with Gasteiger partial charge in [-0.3, -0.25) is 4.79 Å². The second-order valence-corrected chi connectivity index (χ2v) is 6.43. The third-order valence-electron chi connectivity index (χ3n) is 3.55. The lowest BCUT2D eigenvalue weighted by Gasteiger charge is -2.10. The van der Waals surface area contributed by atoms with Crippen molar-refractivity contribution >= 4 is 34.5 Å². The number of ether oxygens (including phenoxy) is 2. The highest BCUT2D eigenvalue weighted by Gasteiger charge is 2.17. The Kier molecular flexibility index (Phi) is 5.39. The zero-order valence-corrected chi connectivity index (χ0v) is 15.5. The number of benzene rings is 2. The number of rotatable bonds is 5. The largest absolute Gasteiger partial charge is 0.493 e. The van der Waals surface area contributed by atoms with Gasteiger partial charge >= 0.3 is 0 Å². The van der Waals surface area contributed by atoms with E-state index in [0.717, 1.165) is 5.56 Å². The molecule has 0 unspecified atom stereocenters. The minimum Gasteiger partial charge on any atom is -0.493 e. The fraction of sp³-hybridized carbons (Fsp3) is 0.111. The van der Waals surface area contributed by atoms with Gasteiger partial charge in [0.25, 0.3) is 5.91 Å². The molecule has 134 valence electrons. The van der Waals surface area contributed by atoms with Crippen molar-refractivity contribution in [3.8, 4) is 22.1 Å². The van der Waals surface area contributed by atoms with Gasteiger partial charge in [0.2, 0.25) is 0 Å². The first kappa shape index (κ1) is 18.2. The molecule has 0 atom stereocenters. The first-order chi connectivity index (χ1) is 12.5. The highest BCUT2D eigenvalue weighted by Crippen LogP contribution is 2.39. The third kappa shape index (κ3) is 3.63. The van der Waals surface area contributed by atoms with Gasteiger partial charge in [0.1, 0.15) is 16.5 Å². The molecule has 0 bridgehead atoms. The molecule has 0 aliphatic carbocycles. The summed E-state index contributed by atoms with van der Waals surface area (Å²) in [6.45, 7) is 0. The number of aromatic nitrogens is 1. The molecule has 2 aromatic carbocycles. The van der Waals surface area contributed by atoms with Crippen LogP contribution in [0.5, 0.6) is 11.5 Å². The number of hydrogen-bond acceptors (Lipinski definition) is 5. The van der Waals surface area contributed by atoms with Crippen molar-refractivity contribution in [1.82, 2.24) is 4.98 Å². The van der Waals surface area contributed by atoms with Crippen LogP contribution in [0.4, 0.5) is 10.1 Å². The van der Waals surface area contributed by atoms with Crippen molar-refractivity contribution in [3.05, 3.63) is 58.3 Å². The highest BCUT2D eigenvalue weighted by molar-refractivity contribution is 7.13. The van der Waals surface area contributed by atoms with Crippen LogP contribution in [0.2, 0.25) is 5.02 Å². The highest BCUT2D eigenvalue weighted by atomic mass is 35.5. The third-order valence-corrected chi connectivity index (χ3v) is 4.71. The van der Waals surface area contributed by atoms with Crippen molar-refractivity contribution < 1.29 is 18.7 Å². The van der Waals surface area contributed by atoms with Gasteiger partial charge < -0.3 is 14.8 Å². The summed E-state index contributed by atoms with van der Waals surface area (Å²) >= 11 is 7.03. The molecule has 0 fully saturated rings. The van der Waals surface area contributed by atoms with Crippen molar-refractivity contribution in [3.63, 3.8) is 0 Å². The Bertz CT molecular complexity index is 961. The number of methoxy groups -OCH3 is 2. The van der Waals surface area contributed by atoms with Gasteiger partial charge in [0.15, 0.2) is 11.5 Å². The summed E-state index contributed by atoms with van der Waals surface area (Å²) in [5.41, 5.74) is 1.34. The number of carbonyl (C=O) groups excluding carboxylic acids is 1. The summed E-state index contributed by atoms with van der Waals surface area (Å²) in [5, 5.41) is 4.82. The molecule has 0 saturated carbocycles. The summed E-state index contributed by atoms with van der Waals surface area (Å²) in [6, 6.07) is 9.39. The number of para-hydroxylation sites is 1. The molecule has 0 spiro atoms. The molecule has 0 aliphatic rings. The van der Waals surface area contributed by atoms with Crippen LogP contribution in [0.25, 0.3) is 10.6 Å². The number of thiazole rings is 1. The maximum Gasteiger partial charge on any atom is 0.275 e. The summed E-state index contributed by atoms with van der Waals surface area (Å²) in [4.78, 5) is 16.7. The molecule has 0 aliphatic heterocycles. The first-order valence-corrected chi connectivity index (χ1v) is 8.72. The van der Waals surface area contributed by atoms with Gasteiger partial charge in [0, 0.05) is 11.1 Å². The lowest BCUT2D eigenvalue weighted by Crippen LogP contribution is -2.12. The van der Waals surface area contributed by atoms with E-state index in [0.29, 0.717) is 22.2 Å². The van der Waals surface area contributed by atoms with Crippen LogP contribution in [0.3, 0.4) is 0 Å². The maximum absolute atomic E-state index is 13.2. The SMILES string of the molecule is COc1cccc(-c2nc(C(=O)Nc3ccc(F)c(Cl)c3)cs2)c1OC. The Balaban J connectivity index is 1.86. The molecule has 0 saturated heterocycles. The second kappa shape index (κ2) is 7.72. The Hall–Kier alpha value is -2.64. The minimum absolute atomic E-state index is 0.0668. The fourth-order valence-corrected chi connectivity index (χ4v) is 3.33. The Morgan fingerprint density at radius 1 is 1.23 bits per heavy atom. The van der Waals surface area contributed by atoms with Crippen LogP contribution in [0.15, 0.2) is 41.8 Å². The zero-order valence-electron chi connectivity index (χ0n) is 13.9. The average molecular weight is 393 g/mol. The lowest BCUT2D eigenvalue weighted by atomic mass is 10.2. The number of carbonyl (C=O) groups is 1. The molecule has 1 aromatic heterocycles. The lowest BCUT2D eigenvalue weighted by molar-refractivity contribution is 0.102. The van der Waals surface area contributed by atoms with Gasteiger partial charge in [-0.2, -0.15) is 0 Å². The van der Waals surface area contributed by atoms with E-state index in [9.17, 15) is 9.18 Å². The summed E-state index contributed by atoms with van der Waals surface area (Å²) in [7, 11) is 3.09. The molecule has 5 nitrogen and oxygen atoms in total. The summed E-state index contributed by atoms with van der Waals surface area (Å²) in [5.74, 6) is 0.150.